The number of rotatable bonds is 4. The highest BCUT2D eigenvalue weighted by atomic mass is 16.5. The quantitative estimate of drug-likeness (QED) is 0.784. The molecule has 1 fully saturated rings. The third kappa shape index (κ3) is 2.65. The van der Waals surface area contributed by atoms with Crippen LogP contribution in [0.5, 0.6) is 5.75 Å². The zero-order chi connectivity index (χ0) is 17.7. The fraction of sp³-hybridized carbons (Fsp3) is 0.316. The van der Waals surface area contributed by atoms with Crippen molar-refractivity contribution in [1.82, 2.24) is 14.5 Å². The summed E-state index contributed by atoms with van der Waals surface area (Å²) in [6, 6.07) is 9.60. The second kappa shape index (κ2) is 5.72. The minimum atomic E-state index is -0.0572. The number of benzene rings is 1. The number of fused-ring (bicyclic) bond motifs is 2. The molecule has 1 amide bonds. The molecule has 1 aromatic carbocycles. The van der Waals surface area contributed by atoms with Crippen molar-refractivity contribution in [2.45, 2.75) is 19.4 Å². The van der Waals surface area contributed by atoms with Gasteiger partial charge in [-0.2, -0.15) is 0 Å². The molecule has 1 saturated carbocycles. The van der Waals surface area contributed by atoms with Crippen LogP contribution in [0.15, 0.2) is 36.7 Å². The van der Waals surface area contributed by atoms with E-state index in [1.165, 1.54) is 12.8 Å². The maximum atomic E-state index is 11.8. The normalized spacial score (nSPS) is 16.5. The minimum Gasteiger partial charge on any atom is -0.482 e. The topological polar surface area (TPSA) is 72.3 Å². The molecule has 7 heteroatoms. The van der Waals surface area contributed by atoms with Gasteiger partial charge in [-0.1, -0.05) is 0 Å². The van der Waals surface area contributed by atoms with Crippen molar-refractivity contribution in [3.8, 4) is 5.75 Å². The van der Waals surface area contributed by atoms with Crippen LogP contribution in [0.3, 0.4) is 0 Å². The number of aromatic nitrogens is 3. The Balaban J connectivity index is 1.44. The number of hydrogen-bond acceptors (Lipinski definition) is 5. The molecule has 1 N–H and O–H groups in total. The van der Waals surface area contributed by atoms with E-state index in [0.29, 0.717) is 5.75 Å². The van der Waals surface area contributed by atoms with Crippen molar-refractivity contribution < 1.29 is 9.53 Å². The van der Waals surface area contributed by atoms with Gasteiger partial charge in [0.15, 0.2) is 12.3 Å². The van der Waals surface area contributed by atoms with Gasteiger partial charge in [-0.3, -0.25) is 4.79 Å². The standard InChI is InChI=1S/C19H19N5O2/c1-23-15-8-13(4-6-16(15)26-10-18(23)25)21-17-7-5-14-19(22-17)24(11-20-14)9-12-2-3-12/h4-8,11-12H,2-3,9-10H2,1H3,(H,21,22). The average molecular weight is 349 g/mol. The summed E-state index contributed by atoms with van der Waals surface area (Å²) in [5.41, 5.74) is 3.41. The number of ether oxygens (including phenoxy) is 1. The monoisotopic (exact) mass is 349 g/mol. The van der Waals surface area contributed by atoms with E-state index in [2.05, 4.69) is 14.9 Å². The van der Waals surface area contributed by atoms with Crippen LogP contribution in [0.4, 0.5) is 17.2 Å². The fourth-order valence-electron chi connectivity index (χ4n) is 3.22. The van der Waals surface area contributed by atoms with Gasteiger partial charge in [0, 0.05) is 19.3 Å². The van der Waals surface area contributed by atoms with Crippen LogP contribution in [0.25, 0.3) is 11.2 Å². The van der Waals surface area contributed by atoms with Crippen LogP contribution in [-0.2, 0) is 11.3 Å². The molecule has 1 aliphatic heterocycles. The largest absolute Gasteiger partial charge is 0.482 e. The van der Waals surface area contributed by atoms with E-state index in [9.17, 15) is 4.79 Å². The first-order chi connectivity index (χ1) is 12.7. The molecular formula is C19H19N5O2. The first kappa shape index (κ1) is 15.2. The van der Waals surface area contributed by atoms with Crippen LogP contribution in [0.1, 0.15) is 12.8 Å². The Hall–Kier alpha value is -3.09. The van der Waals surface area contributed by atoms with Gasteiger partial charge < -0.3 is 19.5 Å². The van der Waals surface area contributed by atoms with E-state index in [4.69, 9.17) is 9.72 Å². The Bertz CT molecular complexity index is 1010. The molecule has 0 saturated heterocycles. The summed E-state index contributed by atoms with van der Waals surface area (Å²) in [4.78, 5) is 22.6. The van der Waals surface area contributed by atoms with Crippen LogP contribution in [0.2, 0.25) is 0 Å². The highest BCUT2D eigenvalue weighted by Gasteiger charge is 2.23. The van der Waals surface area contributed by atoms with Crippen molar-refractivity contribution in [3.05, 3.63) is 36.7 Å². The first-order valence-corrected chi connectivity index (χ1v) is 8.80. The lowest BCUT2D eigenvalue weighted by Crippen LogP contribution is -2.35. The van der Waals surface area contributed by atoms with E-state index in [-0.39, 0.29) is 12.5 Å². The maximum Gasteiger partial charge on any atom is 0.264 e. The average Bonchev–Trinajstić information content (AvgIpc) is 3.38. The predicted molar refractivity (Wildman–Crippen MR) is 98.9 cm³/mol. The molecule has 1 aliphatic carbocycles. The molecule has 0 spiro atoms. The van der Waals surface area contributed by atoms with E-state index >= 15 is 0 Å². The lowest BCUT2D eigenvalue weighted by molar-refractivity contribution is -0.120. The number of pyridine rings is 1. The van der Waals surface area contributed by atoms with Crippen LogP contribution < -0.4 is 15.0 Å². The predicted octanol–water partition coefficient (Wildman–Crippen LogP) is 2.94. The molecule has 3 aromatic rings. The summed E-state index contributed by atoms with van der Waals surface area (Å²) < 4.78 is 7.60. The summed E-state index contributed by atoms with van der Waals surface area (Å²) in [5, 5.41) is 3.32. The number of carbonyl (C=O) groups excluding carboxylic acids is 1. The van der Waals surface area contributed by atoms with Crippen molar-refractivity contribution in [2.75, 3.05) is 23.9 Å². The molecule has 5 rings (SSSR count). The van der Waals surface area contributed by atoms with Gasteiger partial charge in [-0.05, 0) is 49.1 Å². The van der Waals surface area contributed by atoms with Crippen molar-refractivity contribution in [3.63, 3.8) is 0 Å². The second-order valence-electron chi connectivity index (χ2n) is 6.93. The molecule has 3 heterocycles. The number of imidazole rings is 1. The Morgan fingerprint density at radius 2 is 2.15 bits per heavy atom. The molecule has 26 heavy (non-hydrogen) atoms. The minimum absolute atomic E-state index is 0.0572. The highest BCUT2D eigenvalue weighted by molar-refractivity contribution is 5.98. The Morgan fingerprint density at radius 3 is 3.00 bits per heavy atom. The van der Waals surface area contributed by atoms with E-state index in [1.54, 1.807) is 11.9 Å². The molecule has 7 nitrogen and oxygen atoms in total. The molecule has 0 unspecified atom stereocenters. The van der Waals surface area contributed by atoms with Gasteiger partial charge in [0.1, 0.15) is 17.1 Å². The van der Waals surface area contributed by atoms with Gasteiger partial charge in [-0.15, -0.1) is 0 Å². The summed E-state index contributed by atoms with van der Waals surface area (Å²) in [5.74, 6) is 2.17. The first-order valence-electron chi connectivity index (χ1n) is 8.80. The second-order valence-corrected chi connectivity index (χ2v) is 6.93. The fourth-order valence-corrected chi connectivity index (χ4v) is 3.22. The Kier molecular flexibility index (Phi) is 3.34. The number of likely N-dealkylation sites (N-methyl/N-ethyl adjacent to an activating group) is 1. The molecular weight excluding hydrogens is 330 g/mol. The van der Waals surface area contributed by atoms with E-state index < -0.39 is 0 Å². The van der Waals surface area contributed by atoms with Gasteiger partial charge in [0.2, 0.25) is 0 Å². The van der Waals surface area contributed by atoms with Gasteiger partial charge in [0.05, 0.1) is 12.0 Å². The Morgan fingerprint density at radius 1 is 1.27 bits per heavy atom. The lowest BCUT2D eigenvalue weighted by Gasteiger charge is -2.26. The maximum absolute atomic E-state index is 11.8. The van der Waals surface area contributed by atoms with Gasteiger partial charge >= 0.3 is 0 Å². The van der Waals surface area contributed by atoms with Crippen LogP contribution >= 0.6 is 0 Å². The third-order valence-electron chi connectivity index (χ3n) is 4.93. The molecule has 0 radical (unpaired) electrons. The Labute approximate surface area is 150 Å². The zero-order valence-corrected chi connectivity index (χ0v) is 14.5. The molecule has 132 valence electrons. The summed E-state index contributed by atoms with van der Waals surface area (Å²) in [6.07, 6.45) is 4.46. The molecule has 2 aliphatic rings. The summed E-state index contributed by atoms with van der Waals surface area (Å²) >= 11 is 0. The number of nitrogens with one attached hydrogen (secondary N) is 1. The van der Waals surface area contributed by atoms with Gasteiger partial charge in [-0.25, -0.2) is 9.97 Å². The number of hydrogen-bond donors (Lipinski definition) is 1. The molecule has 0 atom stereocenters. The SMILES string of the molecule is CN1C(=O)COc2ccc(Nc3ccc4ncn(CC5CC5)c4n3)cc21. The third-order valence-corrected chi connectivity index (χ3v) is 4.93. The molecule has 2 aromatic heterocycles. The number of amides is 1. The number of nitrogens with zero attached hydrogens (tertiary/aromatic N) is 4. The number of carbonyl (C=O) groups is 1. The van der Waals surface area contributed by atoms with Crippen LogP contribution in [0, 0.1) is 5.92 Å². The molecule has 0 bridgehead atoms. The van der Waals surface area contributed by atoms with Crippen molar-refractivity contribution in [1.29, 1.82) is 0 Å². The van der Waals surface area contributed by atoms with Crippen molar-refractivity contribution >= 4 is 34.3 Å². The summed E-state index contributed by atoms with van der Waals surface area (Å²) in [6.45, 7) is 1.07. The summed E-state index contributed by atoms with van der Waals surface area (Å²) in [7, 11) is 1.76. The van der Waals surface area contributed by atoms with E-state index in [1.807, 2.05) is 36.7 Å². The van der Waals surface area contributed by atoms with E-state index in [0.717, 1.165) is 40.8 Å². The zero-order valence-electron chi connectivity index (χ0n) is 14.5. The van der Waals surface area contributed by atoms with Gasteiger partial charge in [0.25, 0.3) is 5.91 Å². The smallest absolute Gasteiger partial charge is 0.264 e. The lowest BCUT2D eigenvalue weighted by atomic mass is 10.2. The highest BCUT2D eigenvalue weighted by Crippen LogP contribution is 2.35. The van der Waals surface area contributed by atoms with Crippen LogP contribution in [-0.4, -0.2) is 34.1 Å². The number of anilines is 3. The van der Waals surface area contributed by atoms with Crippen molar-refractivity contribution in [2.24, 2.45) is 5.92 Å².